The molecule has 0 saturated heterocycles. The van der Waals surface area contributed by atoms with E-state index in [1.165, 1.54) is 25.7 Å². The van der Waals surface area contributed by atoms with Crippen LogP contribution in [0.15, 0.2) is 0 Å². The van der Waals surface area contributed by atoms with E-state index in [0.717, 1.165) is 6.42 Å². The van der Waals surface area contributed by atoms with Crippen LogP contribution in [0.1, 0.15) is 59.8 Å². The number of Topliss-reactive ketones (excluding diaryl/α,β-unsaturated/α-hetero) is 1. The minimum atomic E-state index is 0.312. The van der Waals surface area contributed by atoms with Gasteiger partial charge in [0.2, 0.25) is 0 Å². The summed E-state index contributed by atoms with van der Waals surface area (Å²) in [7, 11) is 0. The second-order valence-corrected chi connectivity index (χ2v) is 6.72. The van der Waals surface area contributed by atoms with Crippen molar-refractivity contribution < 1.29 is 4.79 Å². The lowest BCUT2D eigenvalue weighted by Crippen LogP contribution is -2.39. The summed E-state index contributed by atoms with van der Waals surface area (Å²) >= 11 is 0. The highest BCUT2D eigenvalue weighted by molar-refractivity contribution is 5.84. The van der Waals surface area contributed by atoms with E-state index in [2.05, 4.69) is 27.7 Å². The monoisotopic (exact) mass is 208 g/mol. The van der Waals surface area contributed by atoms with Crippen LogP contribution in [0.3, 0.4) is 0 Å². The fourth-order valence-electron chi connectivity index (χ4n) is 4.18. The average molecular weight is 208 g/mol. The Balaban J connectivity index is 2.28. The van der Waals surface area contributed by atoms with Crippen molar-refractivity contribution in [1.29, 1.82) is 0 Å². The summed E-state index contributed by atoms with van der Waals surface area (Å²) in [5.41, 5.74) is 0.796. The molecule has 0 aliphatic heterocycles. The van der Waals surface area contributed by atoms with Gasteiger partial charge in [-0.3, -0.25) is 4.79 Å². The molecule has 0 bridgehead atoms. The molecule has 2 aliphatic carbocycles. The summed E-state index contributed by atoms with van der Waals surface area (Å²) in [6.45, 7) is 9.21. The van der Waals surface area contributed by atoms with Crippen molar-refractivity contribution in [2.45, 2.75) is 59.8 Å². The maximum Gasteiger partial charge on any atom is 0.136 e. The van der Waals surface area contributed by atoms with Crippen LogP contribution >= 0.6 is 0 Å². The average Bonchev–Trinajstić information content (AvgIpc) is 2.30. The van der Waals surface area contributed by atoms with Crippen molar-refractivity contribution >= 4 is 5.78 Å². The molecule has 0 unspecified atom stereocenters. The molecule has 0 amide bonds. The van der Waals surface area contributed by atoms with E-state index in [-0.39, 0.29) is 0 Å². The third-order valence-corrected chi connectivity index (χ3v) is 5.14. The molecular weight excluding hydrogens is 184 g/mol. The van der Waals surface area contributed by atoms with Crippen molar-refractivity contribution in [3.05, 3.63) is 0 Å². The van der Waals surface area contributed by atoms with Crippen LogP contribution in [0.5, 0.6) is 0 Å². The SMILES string of the molecule is C[C@H]1CC(=O)[C@H](C)[C@]12CCCC(C)(C)C2. The van der Waals surface area contributed by atoms with E-state index >= 15 is 0 Å². The first-order valence-corrected chi connectivity index (χ1v) is 6.40. The predicted octanol–water partition coefficient (Wildman–Crippen LogP) is 3.82. The molecule has 1 heteroatoms. The molecule has 0 N–H and O–H groups in total. The van der Waals surface area contributed by atoms with Crippen molar-refractivity contribution in [2.75, 3.05) is 0 Å². The first-order valence-electron chi connectivity index (χ1n) is 6.40. The standard InChI is InChI=1S/C14H24O/c1-10-8-12(15)11(2)14(10)7-5-6-13(3,4)9-14/h10-11H,5-9H2,1-4H3/t10-,11-,14-/m0/s1. The second-order valence-electron chi connectivity index (χ2n) is 6.72. The van der Waals surface area contributed by atoms with Gasteiger partial charge in [0.1, 0.15) is 5.78 Å². The van der Waals surface area contributed by atoms with Crippen LogP contribution in [0, 0.1) is 22.7 Å². The van der Waals surface area contributed by atoms with E-state index in [9.17, 15) is 4.79 Å². The zero-order valence-electron chi connectivity index (χ0n) is 10.6. The largest absolute Gasteiger partial charge is 0.299 e. The number of carbonyl (C=O) groups is 1. The van der Waals surface area contributed by atoms with E-state index < -0.39 is 0 Å². The van der Waals surface area contributed by atoms with Gasteiger partial charge >= 0.3 is 0 Å². The highest BCUT2D eigenvalue weighted by Crippen LogP contribution is 2.58. The smallest absolute Gasteiger partial charge is 0.136 e. The highest BCUT2D eigenvalue weighted by atomic mass is 16.1. The van der Waals surface area contributed by atoms with E-state index in [1.807, 2.05) is 0 Å². The number of hydrogen-bond donors (Lipinski definition) is 0. The van der Waals surface area contributed by atoms with Crippen LogP contribution in [-0.4, -0.2) is 5.78 Å². The first-order chi connectivity index (χ1) is 6.87. The van der Waals surface area contributed by atoms with Crippen LogP contribution in [-0.2, 0) is 4.79 Å². The summed E-state index contributed by atoms with van der Waals surface area (Å²) in [6, 6.07) is 0. The molecule has 0 aromatic carbocycles. The van der Waals surface area contributed by atoms with Gasteiger partial charge in [0, 0.05) is 12.3 Å². The molecule has 0 radical (unpaired) electrons. The van der Waals surface area contributed by atoms with Crippen molar-refractivity contribution in [3.8, 4) is 0 Å². The molecule has 1 nitrogen and oxygen atoms in total. The Kier molecular flexibility index (Phi) is 2.48. The molecule has 2 rings (SSSR count). The number of rotatable bonds is 0. The van der Waals surface area contributed by atoms with Gasteiger partial charge in [0.05, 0.1) is 0 Å². The molecule has 3 atom stereocenters. The summed E-state index contributed by atoms with van der Waals surface area (Å²) in [6.07, 6.45) is 6.02. The van der Waals surface area contributed by atoms with Crippen molar-refractivity contribution in [3.63, 3.8) is 0 Å². The third kappa shape index (κ3) is 1.64. The summed E-state index contributed by atoms with van der Waals surface area (Å²) in [5.74, 6) is 1.44. The maximum atomic E-state index is 11.9. The van der Waals surface area contributed by atoms with Gasteiger partial charge in [-0.15, -0.1) is 0 Å². The second kappa shape index (κ2) is 3.33. The zero-order valence-corrected chi connectivity index (χ0v) is 10.6. The maximum absolute atomic E-state index is 11.9. The molecular formula is C14H24O. The van der Waals surface area contributed by atoms with Gasteiger partial charge in [-0.2, -0.15) is 0 Å². The number of carbonyl (C=O) groups excluding carboxylic acids is 1. The predicted molar refractivity (Wildman–Crippen MR) is 62.6 cm³/mol. The Hall–Kier alpha value is -0.330. The fourth-order valence-corrected chi connectivity index (χ4v) is 4.18. The minimum absolute atomic E-state index is 0.312. The Labute approximate surface area is 93.6 Å². The van der Waals surface area contributed by atoms with Gasteiger partial charge in [-0.25, -0.2) is 0 Å². The summed E-state index contributed by atoms with van der Waals surface area (Å²) < 4.78 is 0. The lowest BCUT2D eigenvalue weighted by molar-refractivity contribution is -0.122. The van der Waals surface area contributed by atoms with E-state index in [0.29, 0.717) is 28.4 Å². The minimum Gasteiger partial charge on any atom is -0.299 e. The van der Waals surface area contributed by atoms with Crippen molar-refractivity contribution in [2.24, 2.45) is 22.7 Å². The lowest BCUT2D eigenvalue weighted by atomic mass is 9.57. The quantitative estimate of drug-likeness (QED) is 0.591. The number of hydrogen-bond acceptors (Lipinski definition) is 1. The van der Waals surface area contributed by atoms with Gasteiger partial charge in [0.25, 0.3) is 0 Å². The van der Waals surface area contributed by atoms with Crippen LogP contribution in [0.4, 0.5) is 0 Å². The molecule has 15 heavy (non-hydrogen) atoms. The molecule has 86 valence electrons. The zero-order chi connectivity index (χ0) is 11.3. The fraction of sp³-hybridized carbons (Fsp3) is 0.929. The van der Waals surface area contributed by atoms with Gasteiger partial charge in [-0.1, -0.05) is 34.1 Å². The Bertz CT molecular complexity index is 279. The van der Waals surface area contributed by atoms with E-state index in [4.69, 9.17) is 0 Å². The van der Waals surface area contributed by atoms with Crippen LogP contribution in [0.25, 0.3) is 0 Å². The van der Waals surface area contributed by atoms with Crippen LogP contribution < -0.4 is 0 Å². The lowest BCUT2D eigenvalue weighted by Gasteiger charge is -2.47. The van der Waals surface area contributed by atoms with Gasteiger partial charge < -0.3 is 0 Å². The Morgan fingerprint density at radius 3 is 2.33 bits per heavy atom. The van der Waals surface area contributed by atoms with Gasteiger partial charge in [0.15, 0.2) is 0 Å². The summed E-state index contributed by atoms with van der Waals surface area (Å²) in [4.78, 5) is 11.9. The number of ketones is 1. The molecule has 1 spiro atoms. The molecule has 2 aliphatic rings. The highest BCUT2D eigenvalue weighted by Gasteiger charge is 2.53. The Morgan fingerprint density at radius 2 is 1.87 bits per heavy atom. The molecule has 0 heterocycles. The third-order valence-electron chi connectivity index (χ3n) is 5.14. The van der Waals surface area contributed by atoms with Gasteiger partial charge in [-0.05, 0) is 36.0 Å². The first kappa shape index (κ1) is 11.2. The Morgan fingerprint density at radius 1 is 1.20 bits per heavy atom. The molecule has 2 fully saturated rings. The normalized spacial score (nSPS) is 44.9. The molecule has 0 aromatic rings. The van der Waals surface area contributed by atoms with Crippen LogP contribution in [0.2, 0.25) is 0 Å². The molecule has 0 aromatic heterocycles. The van der Waals surface area contributed by atoms with E-state index in [1.54, 1.807) is 0 Å². The summed E-state index contributed by atoms with van der Waals surface area (Å²) in [5, 5.41) is 0. The molecule has 2 saturated carbocycles. The van der Waals surface area contributed by atoms with Crippen molar-refractivity contribution in [1.82, 2.24) is 0 Å². The topological polar surface area (TPSA) is 17.1 Å².